The average molecular weight is 446 g/mol. The summed E-state index contributed by atoms with van der Waals surface area (Å²) in [6.45, 7) is 0. The lowest BCUT2D eigenvalue weighted by Gasteiger charge is -2.12. The van der Waals surface area contributed by atoms with Crippen LogP contribution in [0.3, 0.4) is 0 Å². The summed E-state index contributed by atoms with van der Waals surface area (Å²) in [4.78, 5) is 23.5. The Hall–Kier alpha value is -3.79. The van der Waals surface area contributed by atoms with E-state index in [1.54, 1.807) is 0 Å². The predicted molar refractivity (Wildman–Crippen MR) is 109 cm³/mol. The number of para-hydroxylation sites is 1. The van der Waals surface area contributed by atoms with Crippen molar-refractivity contribution in [2.75, 3.05) is 17.1 Å². The van der Waals surface area contributed by atoms with Gasteiger partial charge in [0.25, 0.3) is 15.9 Å². The molecule has 0 aliphatic heterocycles. The first-order valence-corrected chi connectivity index (χ1v) is 10.3. The number of amides is 1. The predicted octanol–water partition coefficient (Wildman–Crippen LogP) is 3.80. The average Bonchev–Trinajstić information content (AvgIpc) is 2.75. The molecular weight excluding hydrogens is 430 g/mol. The Morgan fingerprint density at radius 1 is 0.903 bits per heavy atom. The van der Waals surface area contributed by atoms with Crippen LogP contribution < -0.4 is 10.0 Å². The Bertz CT molecular complexity index is 1240. The zero-order valence-electron chi connectivity index (χ0n) is 16.1. The van der Waals surface area contributed by atoms with Gasteiger partial charge in [-0.2, -0.15) is 0 Å². The Kier molecular flexibility index (Phi) is 6.30. The molecule has 0 aliphatic carbocycles. The van der Waals surface area contributed by atoms with Gasteiger partial charge in [0.15, 0.2) is 0 Å². The standard InChI is InChI=1S/C21H16F2N2O5S/c1-30-21(27)16-4-2-3-5-18(16)25-31(28,29)15-10-11-19(17(23)12-15)24-20(26)13-6-8-14(22)9-7-13/h2-12,25H,1H3,(H,24,26). The highest BCUT2D eigenvalue weighted by Gasteiger charge is 2.21. The van der Waals surface area contributed by atoms with E-state index < -0.39 is 38.4 Å². The Morgan fingerprint density at radius 3 is 2.23 bits per heavy atom. The molecule has 0 aromatic heterocycles. The topological polar surface area (TPSA) is 102 Å². The maximum Gasteiger partial charge on any atom is 0.339 e. The van der Waals surface area contributed by atoms with E-state index >= 15 is 0 Å². The maximum absolute atomic E-state index is 14.5. The van der Waals surface area contributed by atoms with Gasteiger partial charge in [-0.1, -0.05) is 12.1 Å². The summed E-state index contributed by atoms with van der Waals surface area (Å²) in [7, 11) is -3.10. The van der Waals surface area contributed by atoms with Gasteiger partial charge in [-0.05, 0) is 54.6 Å². The van der Waals surface area contributed by atoms with Crippen molar-refractivity contribution in [1.82, 2.24) is 0 Å². The second-order valence-corrected chi connectivity index (χ2v) is 7.93. The molecule has 160 valence electrons. The molecule has 0 unspecified atom stereocenters. The highest BCUT2D eigenvalue weighted by Crippen LogP contribution is 2.24. The van der Waals surface area contributed by atoms with Crippen LogP contribution in [0.4, 0.5) is 20.2 Å². The van der Waals surface area contributed by atoms with Gasteiger partial charge in [0.1, 0.15) is 11.6 Å². The molecule has 2 N–H and O–H groups in total. The molecule has 0 fully saturated rings. The number of esters is 1. The number of carbonyl (C=O) groups excluding carboxylic acids is 2. The van der Waals surface area contributed by atoms with E-state index in [0.29, 0.717) is 0 Å². The molecule has 0 aliphatic rings. The molecule has 0 saturated carbocycles. The Balaban J connectivity index is 1.83. The molecule has 1 amide bonds. The van der Waals surface area contributed by atoms with Crippen molar-refractivity contribution in [3.8, 4) is 0 Å². The largest absolute Gasteiger partial charge is 0.465 e. The summed E-state index contributed by atoms with van der Waals surface area (Å²) >= 11 is 0. The Morgan fingerprint density at radius 2 is 1.58 bits per heavy atom. The second-order valence-electron chi connectivity index (χ2n) is 6.25. The van der Waals surface area contributed by atoms with E-state index in [0.717, 1.165) is 37.4 Å². The van der Waals surface area contributed by atoms with Crippen molar-refractivity contribution in [3.63, 3.8) is 0 Å². The molecule has 3 aromatic rings. The number of hydrogen-bond donors (Lipinski definition) is 2. The number of halogens is 2. The summed E-state index contributed by atoms with van der Waals surface area (Å²) in [5.41, 5.74) is -0.220. The number of carbonyl (C=O) groups is 2. The van der Waals surface area contributed by atoms with Crippen LogP contribution in [0.5, 0.6) is 0 Å². The molecule has 31 heavy (non-hydrogen) atoms. The van der Waals surface area contributed by atoms with Crippen LogP contribution in [-0.2, 0) is 14.8 Å². The van der Waals surface area contributed by atoms with Gasteiger partial charge in [-0.3, -0.25) is 9.52 Å². The van der Waals surface area contributed by atoms with Crippen LogP contribution in [-0.4, -0.2) is 27.4 Å². The number of ether oxygens (including phenoxy) is 1. The lowest BCUT2D eigenvalue weighted by Crippen LogP contribution is -2.17. The molecule has 0 atom stereocenters. The van der Waals surface area contributed by atoms with Crippen LogP contribution in [0.25, 0.3) is 0 Å². The molecule has 0 heterocycles. The first kappa shape index (κ1) is 21.9. The van der Waals surface area contributed by atoms with Gasteiger partial charge in [0.2, 0.25) is 0 Å². The van der Waals surface area contributed by atoms with Crippen molar-refractivity contribution >= 4 is 33.3 Å². The smallest absolute Gasteiger partial charge is 0.339 e. The third-order valence-electron chi connectivity index (χ3n) is 4.18. The number of methoxy groups -OCH3 is 1. The van der Waals surface area contributed by atoms with E-state index in [1.807, 2.05) is 0 Å². The van der Waals surface area contributed by atoms with E-state index in [4.69, 9.17) is 0 Å². The molecule has 0 spiro atoms. The number of benzene rings is 3. The highest BCUT2D eigenvalue weighted by molar-refractivity contribution is 7.92. The fraction of sp³-hybridized carbons (Fsp3) is 0.0476. The van der Waals surface area contributed by atoms with Gasteiger partial charge >= 0.3 is 5.97 Å². The van der Waals surface area contributed by atoms with Gasteiger partial charge < -0.3 is 10.1 Å². The summed E-state index contributed by atoms with van der Waals surface area (Å²) in [6.07, 6.45) is 0. The fourth-order valence-electron chi connectivity index (χ4n) is 2.62. The van der Waals surface area contributed by atoms with Crippen LogP contribution >= 0.6 is 0 Å². The quantitative estimate of drug-likeness (QED) is 0.561. The third kappa shape index (κ3) is 5.04. The van der Waals surface area contributed by atoms with Crippen molar-refractivity contribution in [2.45, 2.75) is 4.90 Å². The normalized spacial score (nSPS) is 10.9. The van der Waals surface area contributed by atoms with Crippen LogP contribution in [0, 0.1) is 11.6 Å². The number of rotatable bonds is 6. The maximum atomic E-state index is 14.5. The number of anilines is 2. The van der Waals surface area contributed by atoms with Crippen molar-refractivity contribution in [1.29, 1.82) is 0 Å². The van der Waals surface area contributed by atoms with Crippen molar-refractivity contribution < 1.29 is 31.5 Å². The minimum absolute atomic E-state index is 0.0165. The zero-order valence-corrected chi connectivity index (χ0v) is 16.9. The molecule has 7 nitrogen and oxygen atoms in total. The van der Waals surface area contributed by atoms with E-state index in [9.17, 15) is 26.8 Å². The summed E-state index contributed by atoms with van der Waals surface area (Å²) in [5, 5.41) is 2.29. The lowest BCUT2D eigenvalue weighted by molar-refractivity contribution is 0.0602. The van der Waals surface area contributed by atoms with Gasteiger partial charge in [0, 0.05) is 5.56 Å². The first-order chi connectivity index (χ1) is 14.7. The molecular formula is C21H16F2N2O5S. The number of nitrogens with one attached hydrogen (secondary N) is 2. The van der Waals surface area contributed by atoms with Crippen LogP contribution in [0.15, 0.2) is 71.6 Å². The molecule has 0 saturated heterocycles. The lowest BCUT2D eigenvalue weighted by atomic mass is 10.2. The van der Waals surface area contributed by atoms with Gasteiger partial charge in [-0.25, -0.2) is 22.0 Å². The van der Waals surface area contributed by atoms with Crippen LogP contribution in [0.1, 0.15) is 20.7 Å². The molecule has 10 heteroatoms. The SMILES string of the molecule is COC(=O)c1ccccc1NS(=O)(=O)c1ccc(NC(=O)c2ccc(F)cc2)c(F)c1. The van der Waals surface area contributed by atoms with Gasteiger partial charge in [-0.15, -0.1) is 0 Å². The molecule has 3 rings (SSSR count). The fourth-order valence-corrected chi connectivity index (χ4v) is 3.72. The monoisotopic (exact) mass is 446 g/mol. The third-order valence-corrected chi connectivity index (χ3v) is 5.55. The van der Waals surface area contributed by atoms with E-state index in [-0.39, 0.29) is 22.5 Å². The minimum atomic E-state index is -4.25. The minimum Gasteiger partial charge on any atom is -0.465 e. The summed E-state index contributed by atoms with van der Waals surface area (Å²) in [6, 6.07) is 13.3. The Labute approximate surface area is 176 Å². The number of sulfonamides is 1. The van der Waals surface area contributed by atoms with Gasteiger partial charge in [0.05, 0.1) is 28.9 Å². The van der Waals surface area contributed by atoms with Crippen molar-refractivity contribution in [2.24, 2.45) is 0 Å². The molecule has 0 radical (unpaired) electrons. The summed E-state index contributed by atoms with van der Waals surface area (Å²) in [5.74, 6) is -2.97. The first-order valence-electron chi connectivity index (χ1n) is 8.78. The zero-order chi connectivity index (χ0) is 22.6. The molecule has 0 bridgehead atoms. The van der Waals surface area contributed by atoms with E-state index in [1.165, 1.54) is 36.4 Å². The summed E-state index contributed by atoms with van der Waals surface area (Å²) < 4.78 is 59.6. The number of hydrogen-bond acceptors (Lipinski definition) is 5. The van der Waals surface area contributed by atoms with Crippen LogP contribution in [0.2, 0.25) is 0 Å². The highest BCUT2D eigenvalue weighted by atomic mass is 32.2. The second kappa shape index (κ2) is 8.92. The van der Waals surface area contributed by atoms with Crippen molar-refractivity contribution in [3.05, 3.63) is 89.5 Å². The van der Waals surface area contributed by atoms with E-state index in [2.05, 4.69) is 14.8 Å². The molecule has 3 aromatic carbocycles.